The van der Waals surface area contributed by atoms with Crippen LogP contribution < -0.4 is 0 Å². The molecular weight excluding hydrogens is 252 g/mol. The van der Waals surface area contributed by atoms with Gasteiger partial charge in [-0.05, 0) is 32.0 Å². The normalized spacial score (nSPS) is 18.2. The summed E-state index contributed by atoms with van der Waals surface area (Å²) in [6, 6.07) is 3.36. The third kappa shape index (κ3) is 3.29. The van der Waals surface area contributed by atoms with Gasteiger partial charge >= 0.3 is 5.97 Å². The lowest BCUT2D eigenvalue weighted by Crippen LogP contribution is -2.35. The van der Waals surface area contributed by atoms with E-state index in [1.165, 1.54) is 12.1 Å². The number of likely N-dealkylation sites (tertiary alicyclic amines) is 1. The summed E-state index contributed by atoms with van der Waals surface area (Å²) in [6.45, 7) is 1.46. The molecule has 1 aliphatic heterocycles. The molecule has 0 saturated carbocycles. The molecule has 2 rings (SSSR count). The van der Waals surface area contributed by atoms with E-state index >= 15 is 0 Å². The van der Waals surface area contributed by atoms with Crippen LogP contribution in [0.2, 0.25) is 0 Å². The Morgan fingerprint density at radius 1 is 1.26 bits per heavy atom. The largest absolute Gasteiger partial charge is 0.481 e. The molecule has 1 aromatic rings. The minimum Gasteiger partial charge on any atom is -0.481 e. The fourth-order valence-corrected chi connectivity index (χ4v) is 2.61. The summed E-state index contributed by atoms with van der Waals surface area (Å²) < 4.78 is 27.2. The van der Waals surface area contributed by atoms with Gasteiger partial charge in [0.05, 0.1) is 6.42 Å². The van der Waals surface area contributed by atoms with Crippen molar-refractivity contribution in [3.63, 3.8) is 0 Å². The van der Waals surface area contributed by atoms with Crippen molar-refractivity contribution in [2.24, 2.45) is 0 Å². The molecule has 5 heteroatoms. The number of hydrogen-bond donors (Lipinski definition) is 1. The number of carboxylic acids is 1. The fraction of sp³-hybridized carbons (Fsp3) is 0.500. The van der Waals surface area contributed by atoms with Crippen LogP contribution in [0.3, 0.4) is 0 Å². The highest BCUT2D eigenvalue weighted by atomic mass is 19.2. The van der Waals surface area contributed by atoms with Crippen LogP contribution in [0.5, 0.6) is 0 Å². The van der Waals surface area contributed by atoms with Gasteiger partial charge in [0, 0.05) is 11.6 Å². The summed E-state index contributed by atoms with van der Waals surface area (Å²) in [5.41, 5.74) is 0.143. The molecule has 1 fully saturated rings. The first-order valence-electron chi connectivity index (χ1n) is 6.49. The van der Waals surface area contributed by atoms with Crippen molar-refractivity contribution in [1.82, 2.24) is 4.90 Å². The molecule has 1 saturated heterocycles. The molecule has 1 aliphatic rings. The average molecular weight is 269 g/mol. The minimum atomic E-state index is -1.00. The molecule has 0 aliphatic carbocycles. The number of halogens is 2. The average Bonchev–Trinajstić information content (AvgIpc) is 2.40. The van der Waals surface area contributed by atoms with Gasteiger partial charge in [0.25, 0.3) is 0 Å². The van der Waals surface area contributed by atoms with E-state index in [2.05, 4.69) is 0 Å². The van der Waals surface area contributed by atoms with E-state index in [9.17, 15) is 13.6 Å². The molecule has 19 heavy (non-hydrogen) atoms. The smallest absolute Gasteiger partial charge is 0.305 e. The van der Waals surface area contributed by atoms with E-state index in [-0.39, 0.29) is 12.0 Å². The second kappa shape index (κ2) is 6.10. The molecule has 0 radical (unpaired) electrons. The quantitative estimate of drug-likeness (QED) is 0.913. The number of aliphatic carboxylic acids is 1. The Bertz CT molecular complexity index is 459. The number of nitrogens with zero attached hydrogens (tertiary/aromatic N) is 1. The zero-order valence-electron chi connectivity index (χ0n) is 10.6. The van der Waals surface area contributed by atoms with Crippen LogP contribution in [-0.4, -0.2) is 29.1 Å². The zero-order valence-corrected chi connectivity index (χ0v) is 10.6. The molecule has 1 N–H and O–H groups in total. The van der Waals surface area contributed by atoms with Crippen molar-refractivity contribution in [2.45, 2.75) is 31.7 Å². The summed E-state index contributed by atoms with van der Waals surface area (Å²) in [5.74, 6) is -2.86. The van der Waals surface area contributed by atoms with Gasteiger partial charge in [-0.3, -0.25) is 9.69 Å². The van der Waals surface area contributed by atoms with E-state index in [1.807, 2.05) is 4.90 Å². The van der Waals surface area contributed by atoms with E-state index in [4.69, 9.17) is 5.11 Å². The number of piperidine rings is 1. The maximum absolute atomic E-state index is 13.9. The molecule has 1 unspecified atom stereocenters. The van der Waals surface area contributed by atoms with Gasteiger partial charge in [0.1, 0.15) is 0 Å². The molecule has 1 atom stereocenters. The van der Waals surface area contributed by atoms with Gasteiger partial charge in [-0.1, -0.05) is 18.6 Å². The van der Waals surface area contributed by atoms with E-state index in [0.717, 1.165) is 38.4 Å². The maximum Gasteiger partial charge on any atom is 0.305 e. The summed E-state index contributed by atoms with van der Waals surface area (Å²) >= 11 is 0. The Morgan fingerprint density at radius 2 is 1.95 bits per heavy atom. The van der Waals surface area contributed by atoms with Gasteiger partial charge in [0.2, 0.25) is 0 Å². The van der Waals surface area contributed by atoms with Gasteiger partial charge in [-0.25, -0.2) is 8.78 Å². The third-order valence-electron chi connectivity index (χ3n) is 3.54. The van der Waals surface area contributed by atoms with Crippen LogP contribution in [-0.2, 0) is 4.79 Å². The van der Waals surface area contributed by atoms with Crippen LogP contribution in [0, 0.1) is 11.6 Å². The Hall–Kier alpha value is -1.49. The predicted molar refractivity (Wildman–Crippen MR) is 66.8 cm³/mol. The van der Waals surface area contributed by atoms with Gasteiger partial charge in [-0.15, -0.1) is 0 Å². The Balaban J connectivity index is 2.30. The van der Waals surface area contributed by atoms with Crippen LogP contribution >= 0.6 is 0 Å². The van der Waals surface area contributed by atoms with Gasteiger partial charge in [-0.2, -0.15) is 0 Å². The van der Waals surface area contributed by atoms with Gasteiger partial charge < -0.3 is 5.11 Å². The molecule has 0 spiro atoms. The molecular formula is C14H17F2NO2. The molecule has 1 heterocycles. The van der Waals surface area contributed by atoms with Crippen molar-refractivity contribution in [3.05, 3.63) is 35.4 Å². The van der Waals surface area contributed by atoms with Crippen molar-refractivity contribution in [3.8, 4) is 0 Å². The Labute approximate surface area is 110 Å². The fourth-order valence-electron chi connectivity index (χ4n) is 2.61. The lowest BCUT2D eigenvalue weighted by molar-refractivity contribution is -0.138. The standard InChI is InChI=1S/C14H17F2NO2/c15-11-6-4-5-10(14(11)16)12(9-13(18)19)17-7-2-1-3-8-17/h4-6,12H,1-3,7-9H2,(H,18,19). The number of hydrogen-bond acceptors (Lipinski definition) is 2. The summed E-state index contributed by atoms with van der Waals surface area (Å²) in [5, 5.41) is 8.99. The molecule has 0 aromatic heterocycles. The summed E-state index contributed by atoms with van der Waals surface area (Å²) in [4.78, 5) is 12.9. The van der Waals surface area contributed by atoms with Crippen LogP contribution in [0.4, 0.5) is 8.78 Å². The molecule has 0 amide bonds. The van der Waals surface area contributed by atoms with E-state index in [0.29, 0.717) is 0 Å². The zero-order chi connectivity index (χ0) is 13.8. The lowest BCUT2D eigenvalue weighted by Gasteiger charge is -2.34. The highest BCUT2D eigenvalue weighted by molar-refractivity contribution is 5.68. The first-order chi connectivity index (χ1) is 9.09. The molecule has 1 aromatic carbocycles. The second-order valence-electron chi connectivity index (χ2n) is 4.85. The monoisotopic (exact) mass is 269 g/mol. The number of rotatable bonds is 4. The first kappa shape index (κ1) is 13.9. The van der Waals surface area contributed by atoms with Crippen molar-refractivity contribution in [2.75, 3.05) is 13.1 Å². The van der Waals surface area contributed by atoms with Gasteiger partial charge in [0.15, 0.2) is 11.6 Å². The first-order valence-corrected chi connectivity index (χ1v) is 6.49. The molecule has 0 bridgehead atoms. The lowest BCUT2D eigenvalue weighted by atomic mass is 9.98. The maximum atomic E-state index is 13.9. The molecule has 104 valence electrons. The number of benzene rings is 1. The Kier molecular flexibility index (Phi) is 4.47. The molecule has 3 nitrogen and oxygen atoms in total. The number of carboxylic acid groups (broad SMARTS) is 1. The second-order valence-corrected chi connectivity index (χ2v) is 4.85. The van der Waals surface area contributed by atoms with Crippen molar-refractivity contribution >= 4 is 5.97 Å². The van der Waals surface area contributed by atoms with Crippen molar-refractivity contribution in [1.29, 1.82) is 0 Å². The highest BCUT2D eigenvalue weighted by Crippen LogP contribution is 2.30. The van der Waals surface area contributed by atoms with E-state index in [1.54, 1.807) is 0 Å². The number of carbonyl (C=O) groups is 1. The van der Waals surface area contributed by atoms with E-state index < -0.39 is 23.6 Å². The Morgan fingerprint density at radius 3 is 2.58 bits per heavy atom. The van der Waals surface area contributed by atoms with Crippen molar-refractivity contribution < 1.29 is 18.7 Å². The summed E-state index contributed by atoms with van der Waals surface area (Å²) in [7, 11) is 0. The minimum absolute atomic E-state index is 0.143. The highest BCUT2D eigenvalue weighted by Gasteiger charge is 2.27. The van der Waals surface area contributed by atoms with Crippen LogP contribution in [0.15, 0.2) is 18.2 Å². The third-order valence-corrected chi connectivity index (χ3v) is 3.54. The van der Waals surface area contributed by atoms with Crippen LogP contribution in [0.1, 0.15) is 37.3 Å². The van der Waals surface area contributed by atoms with Crippen LogP contribution in [0.25, 0.3) is 0 Å². The SMILES string of the molecule is O=C(O)CC(c1cccc(F)c1F)N1CCCCC1. The topological polar surface area (TPSA) is 40.5 Å². The predicted octanol–water partition coefficient (Wildman–Crippen LogP) is 2.97. The summed E-state index contributed by atoms with van der Waals surface area (Å²) in [6.07, 6.45) is 2.82.